The van der Waals surface area contributed by atoms with E-state index in [1.54, 1.807) is 30.3 Å². The lowest BCUT2D eigenvalue weighted by molar-refractivity contribution is -0.0356. The minimum atomic E-state index is -1.40. The van der Waals surface area contributed by atoms with Crippen LogP contribution in [0.25, 0.3) is 10.9 Å². The quantitative estimate of drug-likeness (QED) is 0.409. The third-order valence-corrected chi connectivity index (χ3v) is 6.12. The predicted octanol–water partition coefficient (Wildman–Crippen LogP) is 0.781. The molecule has 1 aromatic heterocycles. The van der Waals surface area contributed by atoms with E-state index in [1.807, 2.05) is 0 Å². The van der Waals surface area contributed by atoms with Crippen LogP contribution in [0.2, 0.25) is 5.02 Å². The lowest BCUT2D eigenvalue weighted by Gasteiger charge is -2.44. The third-order valence-electron chi connectivity index (χ3n) is 5.87. The average molecular weight is 469 g/mol. The highest BCUT2D eigenvalue weighted by Gasteiger charge is 2.46. The Morgan fingerprint density at radius 1 is 1.18 bits per heavy atom. The zero-order valence-electron chi connectivity index (χ0n) is 17.4. The van der Waals surface area contributed by atoms with E-state index >= 15 is 0 Å². The van der Waals surface area contributed by atoms with E-state index in [1.165, 1.54) is 16.8 Å². The first-order valence-electron chi connectivity index (χ1n) is 10.1. The van der Waals surface area contributed by atoms with Gasteiger partial charge in [-0.15, -0.1) is 0 Å². The molecule has 9 heteroatoms. The van der Waals surface area contributed by atoms with Crippen molar-refractivity contribution < 1.29 is 24.9 Å². The molecule has 5 N–H and O–H groups in total. The molecule has 1 unspecified atom stereocenters. The van der Waals surface area contributed by atoms with Gasteiger partial charge in [-0.2, -0.15) is 0 Å². The maximum absolute atomic E-state index is 13.0. The van der Waals surface area contributed by atoms with E-state index in [0.29, 0.717) is 21.9 Å². The maximum atomic E-state index is 13.0. The van der Waals surface area contributed by atoms with Crippen molar-refractivity contribution in [3.8, 4) is 17.6 Å². The number of primary amides is 1. The van der Waals surface area contributed by atoms with Crippen molar-refractivity contribution in [2.24, 2.45) is 5.73 Å². The summed E-state index contributed by atoms with van der Waals surface area (Å²) in [5.41, 5.74) is 4.68. The highest BCUT2D eigenvalue weighted by Crippen LogP contribution is 2.40. The van der Waals surface area contributed by atoms with Crippen LogP contribution in [0.5, 0.6) is 5.75 Å². The predicted molar refractivity (Wildman–Crippen MR) is 122 cm³/mol. The SMILES string of the molecule is NC(=O)c1cn2c3c(cc(C#CCO)cc3c1=O)OC(Cc1ccc(Cl)cc1)C2(CO)CO. The number of hydrogen-bond acceptors (Lipinski definition) is 6. The van der Waals surface area contributed by atoms with Gasteiger partial charge in [0.1, 0.15) is 29.6 Å². The Hall–Kier alpha value is -3.35. The molecule has 0 saturated heterocycles. The van der Waals surface area contributed by atoms with Gasteiger partial charge in [0, 0.05) is 23.2 Å². The molecule has 0 bridgehead atoms. The molecule has 1 atom stereocenters. The number of carbonyl (C=O) groups is 1. The number of carbonyl (C=O) groups excluding carboxylic acids is 1. The summed E-state index contributed by atoms with van der Waals surface area (Å²) in [5, 5.41) is 30.6. The summed E-state index contributed by atoms with van der Waals surface area (Å²) in [6, 6.07) is 10.1. The number of rotatable bonds is 5. The van der Waals surface area contributed by atoms with Crippen molar-refractivity contribution in [2.45, 2.75) is 18.1 Å². The number of nitrogens with zero attached hydrogens (tertiary/aromatic N) is 1. The van der Waals surface area contributed by atoms with Crippen LogP contribution in [0.4, 0.5) is 0 Å². The molecular formula is C24H21ClN2O6. The smallest absolute Gasteiger partial charge is 0.254 e. The molecule has 2 heterocycles. The van der Waals surface area contributed by atoms with Crippen LogP contribution >= 0.6 is 11.6 Å². The number of nitrogens with two attached hydrogens (primary N) is 1. The molecule has 3 aromatic rings. The number of aromatic nitrogens is 1. The Balaban J connectivity index is 2.01. The van der Waals surface area contributed by atoms with Crippen LogP contribution in [0, 0.1) is 11.8 Å². The van der Waals surface area contributed by atoms with E-state index in [-0.39, 0.29) is 24.0 Å². The normalized spacial score (nSPS) is 16.1. The zero-order chi connectivity index (χ0) is 23.8. The van der Waals surface area contributed by atoms with Crippen molar-refractivity contribution in [2.75, 3.05) is 19.8 Å². The lowest BCUT2D eigenvalue weighted by atomic mass is 9.86. The first-order valence-corrected chi connectivity index (χ1v) is 10.5. The highest BCUT2D eigenvalue weighted by atomic mass is 35.5. The Morgan fingerprint density at radius 2 is 1.88 bits per heavy atom. The van der Waals surface area contributed by atoms with Gasteiger partial charge < -0.3 is 30.4 Å². The first kappa shape index (κ1) is 22.8. The molecule has 1 aliphatic heterocycles. The van der Waals surface area contributed by atoms with Crippen LogP contribution in [-0.2, 0) is 12.0 Å². The molecular weight excluding hydrogens is 448 g/mol. The Bertz CT molecular complexity index is 1350. The standard InChI is InChI=1S/C24H21ClN2O6/c25-16-5-3-14(4-6-16)10-20-24(12-29,13-30)27-11-18(23(26)32)22(31)17-8-15(2-1-7-28)9-19(33-20)21(17)27/h3-6,8-9,11,20,28-30H,7,10,12-13H2,(H2,26,32). The highest BCUT2D eigenvalue weighted by molar-refractivity contribution is 6.30. The number of benzene rings is 2. The summed E-state index contributed by atoms with van der Waals surface area (Å²) >= 11 is 5.99. The first-order chi connectivity index (χ1) is 15.8. The van der Waals surface area contributed by atoms with Crippen molar-refractivity contribution >= 4 is 28.4 Å². The summed E-state index contributed by atoms with van der Waals surface area (Å²) in [7, 11) is 0. The zero-order valence-corrected chi connectivity index (χ0v) is 18.2. The summed E-state index contributed by atoms with van der Waals surface area (Å²) in [6.45, 7) is -1.45. The topological polar surface area (TPSA) is 135 Å². The number of aliphatic hydroxyl groups excluding tert-OH is 3. The van der Waals surface area contributed by atoms with E-state index in [2.05, 4.69) is 11.8 Å². The van der Waals surface area contributed by atoms with Crippen LogP contribution in [0.1, 0.15) is 21.5 Å². The van der Waals surface area contributed by atoms with Crippen LogP contribution in [-0.4, -0.2) is 51.7 Å². The molecule has 0 radical (unpaired) electrons. The molecule has 170 valence electrons. The summed E-state index contributed by atoms with van der Waals surface area (Å²) in [4.78, 5) is 25.1. The molecule has 8 nitrogen and oxygen atoms in total. The average Bonchev–Trinajstić information content (AvgIpc) is 2.81. The fraction of sp³-hybridized carbons (Fsp3) is 0.250. The molecule has 4 rings (SSSR count). The number of hydrogen-bond donors (Lipinski definition) is 4. The fourth-order valence-corrected chi connectivity index (χ4v) is 4.27. The van der Waals surface area contributed by atoms with Crippen LogP contribution in [0.15, 0.2) is 47.4 Å². The Labute approximate surface area is 193 Å². The van der Waals surface area contributed by atoms with Gasteiger partial charge in [0.05, 0.1) is 24.1 Å². The largest absolute Gasteiger partial charge is 0.485 e. The lowest BCUT2D eigenvalue weighted by Crippen LogP contribution is -2.57. The number of pyridine rings is 1. The number of aliphatic hydroxyl groups is 3. The second-order valence-corrected chi connectivity index (χ2v) is 8.23. The summed E-state index contributed by atoms with van der Waals surface area (Å²) in [5.74, 6) is 4.62. The number of amides is 1. The molecule has 2 aromatic carbocycles. The van der Waals surface area contributed by atoms with Crippen molar-refractivity contribution in [1.82, 2.24) is 4.57 Å². The molecule has 0 saturated carbocycles. The van der Waals surface area contributed by atoms with Crippen molar-refractivity contribution in [1.29, 1.82) is 0 Å². The van der Waals surface area contributed by atoms with Crippen molar-refractivity contribution in [3.63, 3.8) is 0 Å². The molecule has 1 amide bonds. The minimum absolute atomic E-state index is 0.0993. The maximum Gasteiger partial charge on any atom is 0.254 e. The van der Waals surface area contributed by atoms with Gasteiger partial charge in [-0.25, -0.2) is 0 Å². The molecule has 1 aliphatic rings. The van der Waals surface area contributed by atoms with E-state index < -0.39 is 36.2 Å². The van der Waals surface area contributed by atoms with Crippen molar-refractivity contribution in [3.05, 3.63) is 74.5 Å². The molecule has 33 heavy (non-hydrogen) atoms. The molecule has 0 aliphatic carbocycles. The second-order valence-electron chi connectivity index (χ2n) is 7.79. The monoisotopic (exact) mass is 468 g/mol. The van der Waals surface area contributed by atoms with Crippen LogP contribution in [0.3, 0.4) is 0 Å². The van der Waals surface area contributed by atoms with Gasteiger partial charge >= 0.3 is 0 Å². The van der Waals surface area contributed by atoms with Gasteiger partial charge in [-0.1, -0.05) is 35.6 Å². The summed E-state index contributed by atoms with van der Waals surface area (Å²) < 4.78 is 7.76. The van der Waals surface area contributed by atoms with Gasteiger partial charge in [0.15, 0.2) is 0 Å². The Kier molecular flexibility index (Phi) is 6.15. The van der Waals surface area contributed by atoms with E-state index in [9.17, 15) is 19.8 Å². The van der Waals surface area contributed by atoms with Crippen LogP contribution < -0.4 is 15.9 Å². The summed E-state index contributed by atoms with van der Waals surface area (Å²) in [6.07, 6.45) is 0.761. The Morgan fingerprint density at radius 3 is 2.48 bits per heavy atom. The third kappa shape index (κ3) is 3.86. The van der Waals surface area contributed by atoms with E-state index in [0.717, 1.165) is 5.56 Å². The van der Waals surface area contributed by atoms with Gasteiger partial charge in [0.25, 0.3) is 5.91 Å². The van der Waals surface area contributed by atoms with Gasteiger partial charge in [-0.3, -0.25) is 9.59 Å². The fourth-order valence-electron chi connectivity index (χ4n) is 4.15. The number of ether oxygens (including phenoxy) is 1. The van der Waals surface area contributed by atoms with Gasteiger partial charge in [-0.05, 0) is 29.8 Å². The number of halogens is 1. The molecule has 0 spiro atoms. The van der Waals surface area contributed by atoms with E-state index in [4.69, 9.17) is 27.2 Å². The second kappa shape index (κ2) is 8.89. The minimum Gasteiger partial charge on any atom is -0.485 e. The molecule has 0 fully saturated rings. The van der Waals surface area contributed by atoms with Gasteiger partial charge in [0.2, 0.25) is 5.43 Å².